The number of hydrogen-bond donors (Lipinski definition) is 7. The van der Waals surface area contributed by atoms with Crippen LogP contribution in [0.25, 0.3) is 38.7 Å². The van der Waals surface area contributed by atoms with E-state index < -0.39 is 93.9 Å². The molecule has 3 aliphatic rings. The van der Waals surface area contributed by atoms with E-state index in [1.54, 1.807) is 52.8 Å². The second-order valence-corrected chi connectivity index (χ2v) is 18.1. The second kappa shape index (κ2) is 19.2. The lowest BCUT2D eigenvalue weighted by Crippen LogP contribution is -2.45. The molecule has 0 saturated carbocycles. The Bertz CT molecular complexity index is 2870. The Morgan fingerprint density at radius 3 is 2.30 bits per heavy atom. The Labute approximate surface area is 386 Å². The topological polar surface area (TPSA) is 260 Å². The summed E-state index contributed by atoms with van der Waals surface area (Å²) in [6, 6.07) is 2.86. The number of carbonyl (C=O) groups excluding carboxylic acids is 2. The SMILES string of the molecule is CCOC(=O)NC1CCN(c2cc(=O)c3nc4c(oc3c2)c2c(=O)c3c(O)c(C)c5c(c34)=C(O)[C@@](C)(O/C=C/[C@H](OC)[C@H](C)[C@@H](O)[C@@H](C)[C@H](O)[C@H](C)[C@@H](O)[C@@H](C)/C=C/C=C(/C)C(=O)N2)O5)CC1. The quantitative estimate of drug-likeness (QED) is 0.108. The minimum absolute atomic E-state index is 0.0246. The van der Waals surface area contributed by atoms with Gasteiger partial charge in [-0.15, -0.1) is 0 Å². The summed E-state index contributed by atoms with van der Waals surface area (Å²) in [6.45, 7) is 14.1. The van der Waals surface area contributed by atoms with Gasteiger partial charge in [0, 0.05) is 91.2 Å². The van der Waals surface area contributed by atoms with Gasteiger partial charge < -0.3 is 64.4 Å². The molecule has 9 atom stereocenters. The number of hydrogen-bond acceptors (Lipinski definition) is 16. The fraction of sp³-hybridized carbons (Fsp3) is 0.490. The lowest BCUT2D eigenvalue weighted by molar-refractivity contribution is -0.112. The number of nitrogens with zero attached hydrogens (tertiary/aromatic N) is 2. The van der Waals surface area contributed by atoms with Crippen molar-refractivity contribution >= 4 is 62.1 Å². The number of nitrogens with one attached hydrogen (secondary N) is 2. The number of amides is 2. The Morgan fingerprint density at radius 1 is 0.955 bits per heavy atom. The molecule has 7 rings (SSSR count). The lowest BCUT2D eigenvalue weighted by Gasteiger charge is -2.36. The molecule has 5 bridgehead atoms. The number of aliphatic hydroxyl groups excluding tert-OH is 4. The zero-order valence-corrected chi connectivity index (χ0v) is 39.1. The third-order valence-corrected chi connectivity index (χ3v) is 13.6. The van der Waals surface area contributed by atoms with Crippen LogP contribution in [0.4, 0.5) is 16.2 Å². The monoisotopic (exact) mass is 928 g/mol. The van der Waals surface area contributed by atoms with Crippen LogP contribution in [0.2, 0.25) is 0 Å². The van der Waals surface area contributed by atoms with E-state index in [0.717, 1.165) is 0 Å². The number of aliphatic hydroxyl groups is 4. The van der Waals surface area contributed by atoms with Gasteiger partial charge in [0.2, 0.25) is 10.9 Å². The van der Waals surface area contributed by atoms with Crippen molar-refractivity contribution in [1.82, 2.24) is 10.3 Å². The highest BCUT2D eigenvalue weighted by Crippen LogP contribution is 2.42. The maximum absolute atomic E-state index is 14.8. The number of benzene rings is 3. The molecule has 4 aromatic rings. The van der Waals surface area contributed by atoms with Crippen molar-refractivity contribution in [2.24, 2.45) is 23.7 Å². The van der Waals surface area contributed by atoms with E-state index in [2.05, 4.69) is 10.6 Å². The highest BCUT2D eigenvalue weighted by molar-refractivity contribution is 6.16. The number of carbonyl (C=O) groups is 2. The molecule has 67 heavy (non-hydrogen) atoms. The first-order chi connectivity index (χ1) is 31.7. The Kier molecular flexibility index (Phi) is 13.9. The summed E-state index contributed by atoms with van der Waals surface area (Å²) in [5, 5.41) is 63.0. The molecule has 360 valence electrons. The van der Waals surface area contributed by atoms with Gasteiger partial charge in [-0.05, 0) is 39.7 Å². The molecule has 3 aromatic carbocycles. The van der Waals surface area contributed by atoms with Gasteiger partial charge in [0.25, 0.3) is 5.91 Å². The summed E-state index contributed by atoms with van der Waals surface area (Å²) >= 11 is 0. The Balaban J connectivity index is 1.43. The summed E-state index contributed by atoms with van der Waals surface area (Å²) in [5.74, 6) is -6.40. The van der Waals surface area contributed by atoms with Gasteiger partial charge in [0.05, 0.1) is 47.9 Å². The Morgan fingerprint density at radius 2 is 1.63 bits per heavy atom. The number of phenols is 1. The third-order valence-electron chi connectivity index (χ3n) is 13.6. The molecule has 18 heteroatoms. The number of alkyl carbamates (subject to hydrolysis) is 1. The highest BCUT2D eigenvalue weighted by atomic mass is 16.7. The van der Waals surface area contributed by atoms with Crippen molar-refractivity contribution in [2.45, 2.75) is 104 Å². The first-order valence-electron chi connectivity index (χ1n) is 22.5. The van der Waals surface area contributed by atoms with Crippen LogP contribution < -0.4 is 36.3 Å². The third kappa shape index (κ3) is 9.02. The van der Waals surface area contributed by atoms with Crippen LogP contribution >= 0.6 is 0 Å². The van der Waals surface area contributed by atoms with Crippen molar-refractivity contribution in [2.75, 3.05) is 37.0 Å². The first-order valence-corrected chi connectivity index (χ1v) is 22.5. The average Bonchev–Trinajstić information content (AvgIpc) is 3.57. The van der Waals surface area contributed by atoms with Gasteiger partial charge in [-0.2, -0.15) is 0 Å². The van der Waals surface area contributed by atoms with E-state index in [4.69, 9.17) is 28.3 Å². The summed E-state index contributed by atoms with van der Waals surface area (Å²) in [6.07, 6.45) is 3.95. The summed E-state index contributed by atoms with van der Waals surface area (Å²) in [5.41, 5.74) is -1.79. The fourth-order valence-corrected chi connectivity index (χ4v) is 9.29. The van der Waals surface area contributed by atoms with Crippen LogP contribution in [0, 0.1) is 30.6 Å². The van der Waals surface area contributed by atoms with Gasteiger partial charge in [-0.3, -0.25) is 14.4 Å². The Hall–Kier alpha value is -6.21. The van der Waals surface area contributed by atoms with Crippen molar-refractivity contribution < 1.29 is 58.5 Å². The van der Waals surface area contributed by atoms with Gasteiger partial charge in [-0.1, -0.05) is 45.9 Å². The molecule has 1 aromatic heterocycles. The molecule has 7 N–H and O–H groups in total. The van der Waals surface area contributed by atoms with E-state index in [0.29, 0.717) is 31.6 Å². The molecule has 3 aliphatic heterocycles. The first kappa shape index (κ1) is 48.7. The molecule has 4 heterocycles. The van der Waals surface area contributed by atoms with E-state index >= 15 is 0 Å². The largest absolute Gasteiger partial charge is 0.507 e. The van der Waals surface area contributed by atoms with Crippen molar-refractivity contribution in [3.63, 3.8) is 0 Å². The molecular weight excluding hydrogens is 869 g/mol. The zero-order valence-electron chi connectivity index (χ0n) is 39.1. The molecule has 0 radical (unpaired) electrons. The second-order valence-electron chi connectivity index (χ2n) is 18.1. The normalized spacial score (nSPS) is 29.6. The number of methoxy groups -OCH3 is 1. The van der Waals surface area contributed by atoms with Crippen LogP contribution in [-0.2, 0) is 19.0 Å². The summed E-state index contributed by atoms with van der Waals surface area (Å²) < 4.78 is 29.5. The van der Waals surface area contributed by atoms with Gasteiger partial charge in [0.1, 0.15) is 22.7 Å². The van der Waals surface area contributed by atoms with Gasteiger partial charge in [-0.25, -0.2) is 9.78 Å². The number of aromatic hydroxyl groups is 1. The number of aromatic nitrogens is 1. The van der Waals surface area contributed by atoms with Crippen LogP contribution in [0.5, 0.6) is 11.5 Å². The number of allylic oxidation sites excluding steroid dienone is 2. The molecule has 1 saturated heterocycles. The molecule has 2 amide bonds. The molecule has 0 spiro atoms. The van der Waals surface area contributed by atoms with Gasteiger partial charge >= 0.3 is 11.9 Å². The summed E-state index contributed by atoms with van der Waals surface area (Å²) in [7, 11) is 1.44. The smallest absolute Gasteiger partial charge is 0.407 e. The van der Waals surface area contributed by atoms with Crippen molar-refractivity contribution in [1.29, 1.82) is 0 Å². The molecular formula is C49H60N4O14. The van der Waals surface area contributed by atoms with E-state index in [1.807, 2.05) is 4.90 Å². The predicted molar refractivity (Wildman–Crippen MR) is 251 cm³/mol. The van der Waals surface area contributed by atoms with E-state index in [1.165, 1.54) is 52.4 Å². The number of ether oxygens (including phenoxy) is 4. The number of piperidine rings is 1. The average molecular weight is 929 g/mol. The van der Waals surface area contributed by atoms with E-state index in [-0.39, 0.29) is 67.7 Å². The number of fused-ring (bicyclic) bond motifs is 5. The highest BCUT2D eigenvalue weighted by Gasteiger charge is 2.44. The zero-order chi connectivity index (χ0) is 48.8. The molecule has 0 unspecified atom stereocenters. The minimum atomic E-state index is -1.98. The maximum Gasteiger partial charge on any atom is 0.407 e. The molecule has 18 nitrogen and oxygen atoms in total. The van der Waals surface area contributed by atoms with Gasteiger partial charge in [0.15, 0.2) is 22.4 Å². The number of phenolic OH excluding ortho intramolecular Hbond substituents is 1. The van der Waals surface area contributed by atoms with Crippen LogP contribution in [-0.4, -0.2) is 106 Å². The fourth-order valence-electron chi connectivity index (χ4n) is 9.29. The summed E-state index contributed by atoms with van der Waals surface area (Å²) in [4.78, 5) is 61.6. The number of anilines is 2. The predicted octanol–water partition coefficient (Wildman–Crippen LogP) is 4.70. The standard InChI is InChI=1S/C49H60N4O14/c1-10-64-48(62)50-28-14-17-53(18-15-28)29-20-30(54)36-32(21-29)66-45-37(51-36)33-34-42(58)27(7)44-35(33)46(60)49(8,67-44)65-19-16-31(63-9)24(4)40(56)26(6)41(57)25(5)39(55)22(2)12-11-13-23(3)47(61)52-38(45)43(34)59/h11-13,16,19-22,24-26,28,31,39-41,55-58,60H,10,14-15,17-18H2,1-9H3,(H,50,62)(H,52,61)/b12-11+,19-16+,23-13-/t22-,24-,25+,26+,31-,39-,40+,41+,49-/m0/s1. The lowest BCUT2D eigenvalue weighted by atomic mass is 9.78. The molecule has 0 aliphatic carbocycles. The van der Waals surface area contributed by atoms with Crippen molar-refractivity contribution in [3.05, 3.63) is 79.5 Å². The van der Waals surface area contributed by atoms with E-state index in [9.17, 15) is 44.7 Å². The van der Waals surface area contributed by atoms with Crippen LogP contribution in [0.15, 0.2) is 62.3 Å². The minimum Gasteiger partial charge on any atom is -0.507 e. The van der Waals surface area contributed by atoms with Crippen LogP contribution in [0.3, 0.4) is 0 Å². The molecule has 1 fully saturated rings. The van der Waals surface area contributed by atoms with Crippen molar-refractivity contribution in [3.8, 4) is 11.5 Å². The number of rotatable bonds is 4. The van der Waals surface area contributed by atoms with Crippen LogP contribution in [0.1, 0.15) is 66.9 Å². The maximum atomic E-state index is 14.8.